The van der Waals surface area contributed by atoms with E-state index >= 15 is 0 Å². The largest absolute Gasteiger partial charge is 0.399 e. The molecule has 1 aromatic carbocycles. The SMILES string of the molecule is COC(C)CCC(=O)Nc1ccc(N)cc1Br. The van der Waals surface area contributed by atoms with Crippen LogP contribution in [0.1, 0.15) is 19.8 Å². The number of carbonyl (C=O) groups is 1. The fourth-order valence-corrected chi connectivity index (χ4v) is 1.79. The summed E-state index contributed by atoms with van der Waals surface area (Å²) >= 11 is 3.35. The Morgan fingerprint density at radius 1 is 1.59 bits per heavy atom. The second-order valence-electron chi connectivity index (χ2n) is 3.87. The lowest BCUT2D eigenvalue weighted by molar-refractivity contribution is -0.116. The molecule has 0 saturated carbocycles. The first-order chi connectivity index (χ1) is 8.02. The molecule has 17 heavy (non-hydrogen) atoms. The number of hydrogen-bond acceptors (Lipinski definition) is 3. The van der Waals surface area contributed by atoms with Crippen LogP contribution in [-0.2, 0) is 9.53 Å². The summed E-state index contributed by atoms with van der Waals surface area (Å²) in [6.45, 7) is 1.94. The van der Waals surface area contributed by atoms with Gasteiger partial charge in [-0.05, 0) is 47.5 Å². The predicted octanol–water partition coefficient (Wildman–Crippen LogP) is 2.78. The van der Waals surface area contributed by atoms with Crippen LogP contribution in [0, 0.1) is 0 Å². The predicted molar refractivity (Wildman–Crippen MR) is 72.9 cm³/mol. The maximum Gasteiger partial charge on any atom is 0.224 e. The van der Waals surface area contributed by atoms with Crippen LogP contribution in [0.2, 0.25) is 0 Å². The van der Waals surface area contributed by atoms with Crippen LogP contribution in [-0.4, -0.2) is 19.1 Å². The van der Waals surface area contributed by atoms with Gasteiger partial charge in [0.15, 0.2) is 0 Å². The van der Waals surface area contributed by atoms with Crippen LogP contribution in [0.25, 0.3) is 0 Å². The van der Waals surface area contributed by atoms with Crippen molar-refractivity contribution >= 4 is 33.2 Å². The molecule has 0 spiro atoms. The van der Waals surface area contributed by atoms with Gasteiger partial charge in [-0.3, -0.25) is 4.79 Å². The lowest BCUT2D eigenvalue weighted by atomic mass is 10.2. The Morgan fingerprint density at radius 2 is 2.29 bits per heavy atom. The first-order valence-electron chi connectivity index (χ1n) is 5.40. The number of nitrogen functional groups attached to an aromatic ring is 1. The lowest BCUT2D eigenvalue weighted by Gasteiger charge is -2.10. The van der Waals surface area contributed by atoms with E-state index in [1.807, 2.05) is 6.92 Å². The number of nitrogens with two attached hydrogens (primary N) is 1. The highest BCUT2D eigenvalue weighted by Gasteiger charge is 2.08. The van der Waals surface area contributed by atoms with E-state index in [4.69, 9.17) is 10.5 Å². The van der Waals surface area contributed by atoms with Crippen molar-refractivity contribution in [3.8, 4) is 0 Å². The highest BCUT2D eigenvalue weighted by atomic mass is 79.9. The van der Waals surface area contributed by atoms with E-state index in [0.717, 1.165) is 10.2 Å². The number of halogens is 1. The molecular formula is C12H17BrN2O2. The van der Waals surface area contributed by atoms with Gasteiger partial charge in [-0.2, -0.15) is 0 Å². The van der Waals surface area contributed by atoms with E-state index in [2.05, 4.69) is 21.2 Å². The third-order valence-electron chi connectivity index (χ3n) is 2.45. The molecule has 94 valence electrons. The quantitative estimate of drug-likeness (QED) is 0.822. The molecule has 0 aliphatic heterocycles. The topological polar surface area (TPSA) is 64.3 Å². The molecule has 0 aliphatic rings. The molecule has 0 bridgehead atoms. The van der Waals surface area contributed by atoms with E-state index in [1.165, 1.54) is 0 Å². The number of rotatable bonds is 5. The summed E-state index contributed by atoms with van der Waals surface area (Å²) < 4.78 is 5.87. The summed E-state index contributed by atoms with van der Waals surface area (Å²) in [4.78, 5) is 11.7. The van der Waals surface area contributed by atoms with Gasteiger partial charge in [0, 0.05) is 23.7 Å². The first kappa shape index (κ1) is 14.0. The summed E-state index contributed by atoms with van der Waals surface area (Å²) in [5.74, 6) is -0.0284. The molecule has 1 unspecified atom stereocenters. The van der Waals surface area contributed by atoms with Crippen LogP contribution < -0.4 is 11.1 Å². The molecule has 3 N–H and O–H groups in total. The minimum Gasteiger partial charge on any atom is -0.399 e. The smallest absolute Gasteiger partial charge is 0.224 e. The Morgan fingerprint density at radius 3 is 2.88 bits per heavy atom. The number of methoxy groups -OCH3 is 1. The molecule has 0 radical (unpaired) electrons. The Balaban J connectivity index is 2.50. The Labute approximate surface area is 110 Å². The van der Waals surface area contributed by atoms with Gasteiger partial charge in [0.2, 0.25) is 5.91 Å². The van der Waals surface area contributed by atoms with Crippen LogP contribution >= 0.6 is 15.9 Å². The standard InChI is InChI=1S/C12H17BrN2O2/c1-8(17-2)3-6-12(16)15-11-5-4-9(14)7-10(11)13/h4-5,7-8H,3,6,14H2,1-2H3,(H,15,16). The van der Waals surface area contributed by atoms with Gasteiger partial charge in [0.1, 0.15) is 0 Å². The molecule has 0 aromatic heterocycles. The molecular weight excluding hydrogens is 284 g/mol. The van der Waals surface area contributed by atoms with Crippen molar-refractivity contribution in [2.24, 2.45) is 0 Å². The van der Waals surface area contributed by atoms with Crippen LogP contribution in [0.3, 0.4) is 0 Å². The fraction of sp³-hybridized carbons (Fsp3) is 0.417. The number of ether oxygens (including phenoxy) is 1. The summed E-state index contributed by atoms with van der Waals surface area (Å²) in [7, 11) is 1.64. The monoisotopic (exact) mass is 300 g/mol. The normalized spacial score (nSPS) is 12.2. The Kier molecular flexibility index (Phi) is 5.44. The summed E-state index contributed by atoms with van der Waals surface area (Å²) in [6, 6.07) is 5.28. The van der Waals surface area contributed by atoms with Crippen molar-refractivity contribution in [2.45, 2.75) is 25.9 Å². The van der Waals surface area contributed by atoms with Crippen LogP contribution in [0.5, 0.6) is 0 Å². The summed E-state index contributed by atoms with van der Waals surface area (Å²) in [6.07, 6.45) is 1.23. The fourth-order valence-electron chi connectivity index (χ4n) is 1.30. The van der Waals surface area contributed by atoms with E-state index in [9.17, 15) is 4.79 Å². The van der Waals surface area contributed by atoms with Gasteiger partial charge in [-0.25, -0.2) is 0 Å². The maximum atomic E-state index is 11.7. The van der Waals surface area contributed by atoms with Gasteiger partial charge in [-0.15, -0.1) is 0 Å². The zero-order valence-electron chi connectivity index (χ0n) is 10.00. The third-order valence-corrected chi connectivity index (χ3v) is 3.10. The molecule has 0 heterocycles. The highest BCUT2D eigenvalue weighted by molar-refractivity contribution is 9.10. The number of anilines is 2. The minimum atomic E-state index is -0.0284. The highest BCUT2D eigenvalue weighted by Crippen LogP contribution is 2.24. The van der Waals surface area contributed by atoms with E-state index in [1.54, 1.807) is 25.3 Å². The molecule has 1 amide bonds. The van der Waals surface area contributed by atoms with Gasteiger partial charge < -0.3 is 15.8 Å². The number of carbonyl (C=O) groups excluding carboxylic acids is 1. The third kappa shape index (κ3) is 4.75. The van der Waals surface area contributed by atoms with Crippen molar-refractivity contribution in [1.82, 2.24) is 0 Å². The molecule has 1 atom stereocenters. The van der Waals surface area contributed by atoms with Gasteiger partial charge >= 0.3 is 0 Å². The van der Waals surface area contributed by atoms with Crippen molar-refractivity contribution in [1.29, 1.82) is 0 Å². The Hall–Kier alpha value is -1.07. The summed E-state index contributed by atoms with van der Waals surface area (Å²) in [5.41, 5.74) is 7.00. The van der Waals surface area contributed by atoms with E-state index in [0.29, 0.717) is 18.5 Å². The van der Waals surface area contributed by atoms with Gasteiger partial charge in [-0.1, -0.05) is 0 Å². The second-order valence-corrected chi connectivity index (χ2v) is 4.73. The number of benzene rings is 1. The lowest BCUT2D eigenvalue weighted by Crippen LogP contribution is -2.15. The summed E-state index contributed by atoms with van der Waals surface area (Å²) in [5, 5.41) is 2.82. The molecule has 1 aromatic rings. The van der Waals surface area contributed by atoms with Crippen LogP contribution in [0.15, 0.2) is 22.7 Å². The zero-order chi connectivity index (χ0) is 12.8. The van der Waals surface area contributed by atoms with E-state index < -0.39 is 0 Å². The van der Waals surface area contributed by atoms with E-state index in [-0.39, 0.29) is 12.0 Å². The van der Waals surface area contributed by atoms with Crippen molar-refractivity contribution in [3.05, 3.63) is 22.7 Å². The second kappa shape index (κ2) is 6.61. The molecule has 0 aliphatic carbocycles. The first-order valence-corrected chi connectivity index (χ1v) is 6.20. The zero-order valence-corrected chi connectivity index (χ0v) is 11.6. The molecule has 5 heteroatoms. The average molecular weight is 301 g/mol. The number of hydrogen-bond donors (Lipinski definition) is 2. The molecule has 1 rings (SSSR count). The maximum absolute atomic E-state index is 11.7. The van der Waals surface area contributed by atoms with Crippen LogP contribution in [0.4, 0.5) is 11.4 Å². The number of nitrogens with one attached hydrogen (secondary N) is 1. The van der Waals surface area contributed by atoms with Crippen molar-refractivity contribution < 1.29 is 9.53 Å². The average Bonchev–Trinajstić information content (AvgIpc) is 2.29. The Bertz CT molecular complexity index is 396. The van der Waals surface area contributed by atoms with Gasteiger partial charge in [0.25, 0.3) is 0 Å². The molecule has 0 fully saturated rings. The van der Waals surface area contributed by atoms with Crippen molar-refractivity contribution in [3.63, 3.8) is 0 Å². The van der Waals surface area contributed by atoms with Crippen molar-refractivity contribution in [2.75, 3.05) is 18.2 Å². The minimum absolute atomic E-state index is 0.0284. The molecule has 4 nitrogen and oxygen atoms in total. The molecule has 0 saturated heterocycles. The van der Waals surface area contributed by atoms with Gasteiger partial charge in [0.05, 0.1) is 11.8 Å². The number of amides is 1.